The fourth-order valence-electron chi connectivity index (χ4n) is 4.77. The Kier molecular flexibility index (Phi) is 5.27. The highest BCUT2D eigenvalue weighted by Crippen LogP contribution is 2.31. The van der Waals surface area contributed by atoms with Crippen molar-refractivity contribution in [1.82, 2.24) is 24.8 Å². The van der Waals surface area contributed by atoms with Gasteiger partial charge in [-0.15, -0.1) is 0 Å². The monoisotopic (exact) mass is 428 g/mol. The minimum atomic E-state index is -0.0679. The highest BCUT2D eigenvalue weighted by Gasteiger charge is 2.23. The molecule has 0 unspecified atom stereocenters. The van der Waals surface area contributed by atoms with Crippen LogP contribution in [0.2, 0.25) is 0 Å². The van der Waals surface area contributed by atoms with Gasteiger partial charge in [0.15, 0.2) is 0 Å². The first kappa shape index (κ1) is 20.5. The van der Waals surface area contributed by atoms with Crippen LogP contribution in [0.15, 0.2) is 42.6 Å². The number of rotatable bonds is 5. The number of anilines is 1. The maximum Gasteiger partial charge on any atom is 0.251 e. The second-order valence-corrected chi connectivity index (χ2v) is 8.32. The Bertz CT molecular complexity index is 1330. The van der Waals surface area contributed by atoms with E-state index in [1.165, 1.54) is 22.2 Å². The van der Waals surface area contributed by atoms with E-state index in [2.05, 4.69) is 50.7 Å². The zero-order valence-electron chi connectivity index (χ0n) is 18.6. The van der Waals surface area contributed by atoms with Gasteiger partial charge in [-0.25, -0.2) is 9.97 Å². The summed E-state index contributed by atoms with van der Waals surface area (Å²) in [6.45, 7) is 8.87. The third-order valence-corrected chi connectivity index (χ3v) is 6.47. The van der Waals surface area contributed by atoms with E-state index in [0.717, 1.165) is 49.1 Å². The smallest absolute Gasteiger partial charge is 0.251 e. The number of nitrogens with one attached hydrogen (secondary N) is 1. The van der Waals surface area contributed by atoms with Gasteiger partial charge in [0.05, 0.1) is 5.52 Å². The van der Waals surface area contributed by atoms with Gasteiger partial charge >= 0.3 is 0 Å². The fraction of sp³-hybridized carbons (Fsp3) is 0.320. The van der Waals surface area contributed by atoms with Crippen molar-refractivity contribution in [3.05, 3.63) is 65.0 Å². The lowest BCUT2D eigenvalue weighted by atomic mass is 10.0. The Morgan fingerprint density at radius 2 is 2.03 bits per heavy atom. The Morgan fingerprint density at radius 1 is 1.16 bits per heavy atom. The normalized spacial score (nSPS) is 14.1. The molecule has 0 aliphatic carbocycles. The topological polar surface area (TPSA) is 89.1 Å². The minimum absolute atomic E-state index is 0.0679. The predicted molar refractivity (Wildman–Crippen MR) is 127 cm³/mol. The van der Waals surface area contributed by atoms with Gasteiger partial charge in [-0.2, -0.15) is 0 Å². The highest BCUT2D eigenvalue weighted by molar-refractivity contribution is 5.99. The molecule has 0 bridgehead atoms. The first-order chi connectivity index (χ1) is 15.6. The molecule has 0 saturated heterocycles. The number of hydrogen-bond donors (Lipinski definition) is 2. The van der Waals surface area contributed by atoms with Crippen molar-refractivity contribution in [2.24, 2.45) is 0 Å². The molecule has 1 aliphatic rings. The van der Waals surface area contributed by atoms with Crippen LogP contribution in [0.4, 0.5) is 5.95 Å². The lowest BCUT2D eigenvalue weighted by molar-refractivity contribution is 0.0951. The minimum Gasteiger partial charge on any atom is -0.368 e. The fourth-order valence-corrected chi connectivity index (χ4v) is 4.77. The summed E-state index contributed by atoms with van der Waals surface area (Å²) in [5, 5.41) is 5.16. The van der Waals surface area contributed by atoms with Crippen LogP contribution in [-0.2, 0) is 26.1 Å². The summed E-state index contributed by atoms with van der Waals surface area (Å²) in [7, 11) is 0. The van der Waals surface area contributed by atoms with Crippen molar-refractivity contribution < 1.29 is 4.79 Å². The van der Waals surface area contributed by atoms with E-state index >= 15 is 0 Å². The summed E-state index contributed by atoms with van der Waals surface area (Å²) in [4.78, 5) is 23.7. The van der Waals surface area contributed by atoms with Gasteiger partial charge < -0.3 is 15.6 Å². The van der Waals surface area contributed by atoms with Crippen LogP contribution in [-0.4, -0.2) is 38.4 Å². The Hall–Kier alpha value is -3.45. The van der Waals surface area contributed by atoms with E-state index in [1.54, 1.807) is 6.20 Å². The van der Waals surface area contributed by atoms with Crippen LogP contribution >= 0.6 is 0 Å². The molecule has 0 spiro atoms. The van der Waals surface area contributed by atoms with Crippen molar-refractivity contribution in [2.75, 3.05) is 18.8 Å². The molecular formula is C25H28N6O. The third-order valence-electron chi connectivity index (χ3n) is 6.47. The van der Waals surface area contributed by atoms with E-state index in [-0.39, 0.29) is 11.9 Å². The summed E-state index contributed by atoms with van der Waals surface area (Å²) in [6.07, 6.45) is 2.77. The van der Waals surface area contributed by atoms with Crippen molar-refractivity contribution in [3.8, 4) is 0 Å². The summed E-state index contributed by atoms with van der Waals surface area (Å²) in [5.41, 5.74) is 12.1. The van der Waals surface area contributed by atoms with E-state index in [9.17, 15) is 4.79 Å². The van der Waals surface area contributed by atoms with Crippen LogP contribution in [0, 0.1) is 0 Å². The largest absolute Gasteiger partial charge is 0.368 e. The molecule has 7 heteroatoms. The summed E-state index contributed by atoms with van der Waals surface area (Å²) < 4.78 is 2.41. The molecule has 2 aromatic heterocycles. The third kappa shape index (κ3) is 3.58. The van der Waals surface area contributed by atoms with Gasteiger partial charge in [0.2, 0.25) is 5.95 Å². The Morgan fingerprint density at radius 3 is 2.84 bits per heavy atom. The van der Waals surface area contributed by atoms with Crippen molar-refractivity contribution in [3.63, 3.8) is 0 Å². The summed E-state index contributed by atoms with van der Waals surface area (Å²) in [5.74, 6) is 0.191. The van der Waals surface area contributed by atoms with Crippen LogP contribution in [0.1, 0.15) is 41.0 Å². The zero-order valence-corrected chi connectivity index (χ0v) is 18.6. The van der Waals surface area contributed by atoms with Gasteiger partial charge in [0.1, 0.15) is 0 Å². The van der Waals surface area contributed by atoms with Crippen LogP contribution in [0.5, 0.6) is 0 Å². The quantitative estimate of drug-likeness (QED) is 0.508. The number of carbonyl (C=O) groups is 1. The number of aromatic nitrogens is 3. The molecule has 3 N–H and O–H groups in total. The molecule has 2 aromatic carbocycles. The van der Waals surface area contributed by atoms with E-state index in [1.807, 2.05) is 24.3 Å². The number of hydrogen-bond acceptors (Lipinski definition) is 5. The van der Waals surface area contributed by atoms with Gasteiger partial charge in [0, 0.05) is 66.3 Å². The molecule has 1 aliphatic heterocycles. The maximum atomic E-state index is 13.0. The number of nitrogens with two attached hydrogens (primary N) is 1. The first-order valence-electron chi connectivity index (χ1n) is 11.2. The first-order valence-corrected chi connectivity index (χ1v) is 11.2. The molecule has 3 heterocycles. The van der Waals surface area contributed by atoms with Crippen LogP contribution < -0.4 is 11.1 Å². The maximum absolute atomic E-state index is 13.0. The summed E-state index contributed by atoms with van der Waals surface area (Å²) in [6, 6.07) is 11.9. The second-order valence-electron chi connectivity index (χ2n) is 8.32. The number of carbonyl (C=O) groups excluding carboxylic acids is 1. The number of fused-ring (bicyclic) bond motifs is 4. The number of nitrogen functional groups attached to an aromatic ring is 1. The molecule has 4 aromatic rings. The number of aryl methyl sites for hydroxylation is 1. The number of amides is 1. The lowest BCUT2D eigenvalue weighted by Crippen LogP contribution is -2.30. The van der Waals surface area contributed by atoms with Gasteiger partial charge in [-0.1, -0.05) is 13.0 Å². The number of likely N-dealkylation sites (N-methyl/N-ethyl adjacent to an activating group) is 1. The molecule has 0 saturated carbocycles. The number of benzene rings is 2. The van der Waals surface area contributed by atoms with Crippen molar-refractivity contribution >= 4 is 33.7 Å². The molecule has 5 rings (SSSR count). The highest BCUT2D eigenvalue weighted by atomic mass is 16.1. The average molecular weight is 429 g/mol. The molecule has 0 atom stereocenters. The lowest BCUT2D eigenvalue weighted by Gasteiger charge is -2.26. The van der Waals surface area contributed by atoms with Gasteiger partial charge in [-0.05, 0) is 54.9 Å². The van der Waals surface area contributed by atoms with Crippen molar-refractivity contribution in [2.45, 2.75) is 39.9 Å². The Labute approximate surface area is 187 Å². The average Bonchev–Trinajstić information content (AvgIpc) is 3.14. The van der Waals surface area contributed by atoms with Crippen LogP contribution in [0.3, 0.4) is 0 Å². The molecular weight excluding hydrogens is 400 g/mol. The SMILES string of the molecule is CCN1CCc2c(c3cc(C(=O)NCc4ccc5nc(N)ncc5c4)ccc3n2CC)C1. The molecule has 0 radical (unpaired) electrons. The standard InChI is InChI=1S/C25H28N6O/c1-3-30-10-9-23-20(15-30)19-12-17(6-8-22(19)31(23)4-2)24(32)27-13-16-5-7-21-18(11-16)14-28-25(26)29-21/h5-8,11-12,14H,3-4,9-10,13,15H2,1-2H3,(H,27,32)(H2,26,28,29). The molecule has 32 heavy (non-hydrogen) atoms. The molecule has 7 nitrogen and oxygen atoms in total. The zero-order chi connectivity index (χ0) is 22.2. The predicted octanol–water partition coefficient (Wildman–Crippen LogP) is 3.49. The Balaban J connectivity index is 1.39. The molecule has 164 valence electrons. The second kappa shape index (κ2) is 8.24. The van der Waals surface area contributed by atoms with E-state index < -0.39 is 0 Å². The number of nitrogens with zero attached hydrogens (tertiary/aromatic N) is 4. The van der Waals surface area contributed by atoms with E-state index in [0.29, 0.717) is 12.1 Å². The van der Waals surface area contributed by atoms with E-state index in [4.69, 9.17) is 5.73 Å². The molecule has 0 fully saturated rings. The van der Waals surface area contributed by atoms with Gasteiger partial charge in [0.25, 0.3) is 5.91 Å². The van der Waals surface area contributed by atoms with Crippen molar-refractivity contribution in [1.29, 1.82) is 0 Å². The molecule has 1 amide bonds. The summed E-state index contributed by atoms with van der Waals surface area (Å²) >= 11 is 0. The van der Waals surface area contributed by atoms with Crippen LogP contribution in [0.25, 0.3) is 21.8 Å². The van der Waals surface area contributed by atoms with Gasteiger partial charge in [-0.3, -0.25) is 9.69 Å².